The van der Waals surface area contributed by atoms with Gasteiger partial charge in [-0.3, -0.25) is 9.59 Å². The van der Waals surface area contributed by atoms with E-state index in [2.05, 4.69) is 19.2 Å². The second-order valence-electron chi connectivity index (χ2n) is 7.18. The van der Waals surface area contributed by atoms with Crippen LogP contribution in [0.5, 0.6) is 11.5 Å². The number of amides is 2. The van der Waals surface area contributed by atoms with Crippen LogP contribution in [0.15, 0.2) is 48.5 Å². The summed E-state index contributed by atoms with van der Waals surface area (Å²) in [6.45, 7) is 6.08. The number of methoxy groups -OCH3 is 1. The fourth-order valence-corrected chi connectivity index (χ4v) is 2.94. The SMILES string of the molecule is CNC(=O)[C@@H](C)N(Cc1cccc(OC)c1)C(=O)COc1ccc(C(C)C)cc1. The average molecular weight is 399 g/mol. The summed E-state index contributed by atoms with van der Waals surface area (Å²) in [5.74, 6) is 1.25. The van der Waals surface area contributed by atoms with Gasteiger partial charge >= 0.3 is 0 Å². The van der Waals surface area contributed by atoms with Gasteiger partial charge in [0.15, 0.2) is 6.61 Å². The van der Waals surface area contributed by atoms with Gasteiger partial charge < -0.3 is 19.7 Å². The normalized spacial score (nSPS) is 11.7. The molecule has 156 valence electrons. The van der Waals surface area contributed by atoms with E-state index in [0.717, 1.165) is 5.56 Å². The minimum absolute atomic E-state index is 0.146. The summed E-state index contributed by atoms with van der Waals surface area (Å²) >= 11 is 0. The van der Waals surface area contributed by atoms with E-state index in [4.69, 9.17) is 9.47 Å². The first kappa shape index (κ1) is 22.3. The van der Waals surface area contributed by atoms with E-state index in [1.807, 2.05) is 48.5 Å². The lowest BCUT2D eigenvalue weighted by Gasteiger charge is -2.28. The van der Waals surface area contributed by atoms with Crippen LogP contribution in [-0.2, 0) is 16.1 Å². The quantitative estimate of drug-likeness (QED) is 0.703. The van der Waals surface area contributed by atoms with Crippen LogP contribution in [0, 0.1) is 0 Å². The zero-order valence-corrected chi connectivity index (χ0v) is 17.8. The molecule has 1 atom stereocenters. The van der Waals surface area contributed by atoms with E-state index in [0.29, 0.717) is 17.4 Å². The van der Waals surface area contributed by atoms with Crippen LogP contribution >= 0.6 is 0 Å². The molecule has 0 aliphatic rings. The fraction of sp³-hybridized carbons (Fsp3) is 0.391. The highest BCUT2D eigenvalue weighted by Crippen LogP contribution is 2.19. The maximum Gasteiger partial charge on any atom is 0.261 e. The molecule has 29 heavy (non-hydrogen) atoms. The lowest BCUT2D eigenvalue weighted by molar-refractivity contribution is -0.142. The van der Waals surface area contributed by atoms with Gasteiger partial charge in [0.2, 0.25) is 5.91 Å². The number of likely N-dealkylation sites (N-methyl/N-ethyl adjacent to an activating group) is 1. The van der Waals surface area contributed by atoms with Crippen LogP contribution in [0.25, 0.3) is 0 Å². The molecular formula is C23H30N2O4. The molecule has 2 rings (SSSR count). The Hall–Kier alpha value is -3.02. The van der Waals surface area contributed by atoms with Crippen molar-refractivity contribution in [1.29, 1.82) is 0 Å². The molecule has 0 unspecified atom stereocenters. The molecule has 0 fully saturated rings. The monoisotopic (exact) mass is 398 g/mol. The second kappa shape index (κ2) is 10.5. The third kappa shape index (κ3) is 6.24. The highest BCUT2D eigenvalue weighted by Gasteiger charge is 2.26. The summed E-state index contributed by atoms with van der Waals surface area (Å²) in [5.41, 5.74) is 2.08. The zero-order chi connectivity index (χ0) is 21.4. The Kier molecular flexibility index (Phi) is 8.07. The summed E-state index contributed by atoms with van der Waals surface area (Å²) in [4.78, 5) is 26.6. The summed E-state index contributed by atoms with van der Waals surface area (Å²) < 4.78 is 10.9. The number of nitrogens with zero attached hydrogens (tertiary/aromatic N) is 1. The van der Waals surface area contributed by atoms with Crippen molar-refractivity contribution < 1.29 is 19.1 Å². The highest BCUT2D eigenvalue weighted by molar-refractivity contribution is 5.87. The molecule has 2 aromatic rings. The maximum atomic E-state index is 12.9. The molecule has 0 aliphatic carbocycles. The Morgan fingerprint density at radius 2 is 1.72 bits per heavy atom. The van der Waals surface area contributed by atoms with Gasteiger partial charge in [-0.15, -0.1) is 0 Å². The first-order valence-electron chi connectivity index (χ1n) is 9.72. The van der Waals surface area contributed by atoms with Gasteiger partial charge in [0, 0.05) is 13.6 Å². The molecule has 0 heterocycles. The molecule has 0 spiro atoms. The molecule has 0 saturated carbocycles. The van der Waals surface area contributed by atoms with Crippen molar-refractivity contribution in [3.63, 3.8) is 0 Å². The lowest BCUT2D eigenvalue weighted by Crippen LogP contribution is -2.48. The zero-order valence-electron chi connectivity index (χ0n) is 17.8. The third-order valence-electron chi connectivity index (χ3n) is 4.81. The summed E-state index contributed by atoms with van der Waals surface area (Å²) in [6.07, 6.45) is 0. The topological polar surface area (TPSA) is 67.9 Å². The first-order valence-corrected chi connectivity index (χ1v) is 9.72. The Labute approximate surface area is 172 Å². The number of hydrogen-bond donors (Lipinski definition) is 1. The van der Waals surface area contributed by atoms with Crippen LogP contribution in [0.1, 0.15) is 37.8 Å². The maximum absolute atomic E-state index is 12.9. The van der Waals surface area contributed by atoms with E-state index in [1.54, 1.807) is 21.1 Å². The molecule has 0 bridgehead atoms. The predicted octanol–water partition coefficient (Wildman–Crippen LogP) is 3.36. The van der Waals surface area contributed by atoms with Gasteiger partial charge in [0.1, 0.15) is 17.5 Å². The molecule has 2 amide bonds. The van der Waals surface area contributed by atoms with Crippen molar-refractivity contribution in [3.8, 4) is 11.5 Å². The predicted molar refractivity (Wildman–Crippen MR) is 113 cm³/mol. The van der Waals surface area contributed by atoms with E-state index >= 15 is 0 Å². The van der Waals surface area contributed by atoms with Crippen molar-refractivity contribution in [2.45, 2.75) is 39.3 Å². The third-order valence-corrected chi connectivity index (χ3v) is 4.81. The number of carbonyl (C=O) groups excluding carboxylic acids is 2. The molecule has 0 aliphatic heterocycles. The minimum atomic E-state index is -0.634. The van der Waals surface area contributed by atoms with Crippen molar-refractivity contribution >= 4 is 11.8 Å². The van der Waals surface area contributed by atoms with Crippen LogP contribution in [0.4, 0.5) is 0 Å². The molecular weight excluding hydrogens is 368 g/mol. The van der Waals surface area contributed by atoms with Crippen LogP contribution in [-0.4, -0.2) is 43.5 Å². The van der Waals surface area contributed by atoms with E-state index in [-0.39, 0.29) is 25.0 Å². The summed E-state index contributed by atoms with van der Waals surface area (Å²) in [6, 6.07) is 14.5. The van der Waals surface area contributed by atoms with Crippen LogP contribution in [0.2, 0.25) is 0 Å². The Bertz CT molecular complexity index is 818. The molecule has 2 aromatic carbocycles. The van der Waals surface area contributed by atoms with E-state index < -0.39 is 6.04 Å². The van der Waals surface area contributed by atoms with Crippen molar-refractivity contribution in [1.82, 2.24) is 10.2 Å². The Balaban J connectivity index is 2.12. The average Bonchev–Trinajstić information content (AvgIpc) is 2.75. The number of ether oxygens (including phenoxy) is 2. The number of hydrogen-bond acceptors (Lipinski definition) is 4. The molecule has 0 aromatic heterocycles. The van der Waals surface area contributed by atoms with Gasteiger partial charge in [-0.05, 0) is 48.2 Å². The Morgan fingerprint density at radius 3 is 2.31 bits per heavy atom. The van der Waals surface area contributed by atoms with Crippen molar-refractivity contribution in [2.75, 3.05) is 20.8 Å². The van der Waals surface area contributed by atoms with E-state index in [1.165, 1.54) is 10.5 Å². The lowest BCUT2D eigenvalue weighted by atomic mass is 10.0. The molecule has 6 heteroatoms. The van der Waals surface area contributed by atoms with Gasteiger partial charge in [-0.2, -0.15) is 0 Å². The number of nitrogens with one attached hydrogen (secondary N) is 1. The summed E-state index contributed by atoms with van der Waals surface area (Å²) in [7, 11) is 3.15. The number of benzene rings is 2. The molecule has 6 nitrogen and oxygen atoms in total. The van der Waals surface area contributed by atoms with Crippen LogP contribution in [0.3, 0.4) is 0 Å². The molecule has 0 saturated heterocycles. The Morgan fingerprint density at radius 1 is 1.03 bits per heavy atom. The molecule has 0 radical (unpaired) electrons. The minimum Gasteiger partial charge on any atom is -0.497 e. The fourth-order valence-electron chi connectivity index (χ4n) is 2.94. The van der Waals surface area contributed by atoms with Crippen LogP contribution < -0.4 is 14.8 Å². The van der Waals surface area contributed by atoms with Gasteiger partial charge in [-0.1, -0.05) is 38.1 Å². The van der Waals surface area contributed by atoms with Gasteiger partial charge in [-0.25, -0.2) is 0 Å². The summed E-state index contributed by atoms with van der Waals surface area (Å²) in [5, 5.41) is 2.60. The standard InChI is InChI=1S/C23H30N2O4/c1-16(2)19-9-11-20(12-10-19)29-15-22(26)25(17(3)23(27)24-4)14-18-7-6-8-21(13-18)28-5/h6-13,16-17H,14-15H2,1-5H3,(H,24,27)/t17-/m1/s1. The van der Waals surface area contributed by atoms with E-state index in [9.17, 15) is 9.59 Å². The molecule has 1 N–H and O–H groups in total. The van der Waals surface area contributed by atoms with Crippen molar-refractivity contribution in [3.05, 3.63) is 59.7 Å². The number of rotatable bonds is 9. The van der Waals surface area contributed by atoms with Gasteiger partial charge in [0.25, 0.3) is 5.91 Å². The number of carbonyl (C=O) groups is 2. The smallest absolute Gasteiger partial charge is 0.261 e. The second-order valence-corrected chi connectivity index (χ2v) is 7.18. The largest absolute Gasteiger partial charge is 0.497 e. The first-order chi connectivity index (χ1) is 13.8. The van der Waals surface area contributed by atoms with Crippen molar-refractivity contribution in [2.24, 2.45) is 0 Å². The van der Waals surface area contributed by atoms with Gasteiger partial charge in [0.05, 0.1) is 7.11 Å². The highest BCUT2D eigenvalue weighted by atomic mass is 16.5.